The largest absolute Gasteiger partial charge is 0.380 e. The van der Waals surface area contributed by atoms with E-state index in [0.717, 1.165) is 23.5 Å². The maximum Gasteiger partial charge on any atom is 0.253 e. The van der Waals surface area contributed by atoms with E-state index in [4.69, 9.17) is 9.47 Å². The summed E-state index contributed by atoms with van der Waals surface area (Å²) < 4.78 is 11.8. The van der Waals surface area contributed by atoms with Crippen molar-refractivity contribution in [2.24, 2.45) is 11.3 Å². The van der Waals surface area contributed by atoms with E-state index in [-0.39, 0.29) is 11.3 Å². The summed E-state index contributed by atoms with van der Waals surface area (Å²) in [4.78, 5) is 19.2. The van der Waals surface area contributed by atoms with Gasteiger partial charge in [0.05, 0.1) is 32.1 Å². The fourth-order valence-electron chi connectivity index (χ4n) is 3.99. The highest BCUT2D eigenvalue weighted by molar-refractivity contribution is 5.94. The van der Waals surface area contributed by atoms with Gasteiger partial charge in [0.2, 0.25) is 0 Å². The van der Waals surface area contributed by atoms with E-state index in [1.165, 1.54) is 0 Å². The first-order valence-corrected chi connectivity index (χ1v) is 9.09. The molecule has 1 aromatic heterocycles. The van der Waals surface area contributed by atoms with Crippen LogP contribution >= 0.6 is 0 Å². The molecule has 5 nitrogen and oxygen atoms in total. The molecule has 0 saturated carbocycles. The van der Waals surface area contributed by atoms with Gasteiger partial charge < -0.3 is 14.4 Å². The van der Waals surface area contributed by atoms with Crippen LogP contribution < -0.4 is 0 Å². The van der Waals surface area contributed by atoms with Crippen molar-refractivity contribution in [3.05, 3.63) is 65.5 Å². The molecule has 0 N–H and O–H groups in total. The Kier molecular flexibility index (Phi) is 4.74. The Balaban J connectivity index is 1.41. The molecule has 4 rings (SSSR count). The Labute approximate surface area is 153 Å². The summed E-state index contributed by atoms with van der Waals surface area (Å²) in [7, 11) is 0. The monoisotopic (exact) mass is 352 g/mol. The van der Waals surface area contributed by atoms with Crippen LogP contribution in [-0.2, 0) is 16.1 Å². The van der Waals surface area contributed by atoms with E-state index in [1.54, 1.807) is 0 Å². The van der Waals surface area contributed by atoms with Crippen LogP contribution in [0.3, 0.4) is 0 Å². The zero-order valence-corrected chi connectivity index (χ0v) is 15.1. The summed E-state index contributed by atoms with van der Waals surface area (Å²) in [6, 6.07) is 15.4. The first-order valence-electron chi connectivity index (χ1n) is 9.09. The van der Waals surface area contributed by atoms with Crippen molar-refractivity contribution in [3.8, 4) is 0 Å². The number of carbonyl (C=O) groups is 1. The number of hydrogen-bond donors (Lipinski definition) is 0. The minimum absolute atomic E-state index is 0.0970. The quantitative estimate of drug-likeness (QED) is 0.830. The number of nitrogens with zero attached hydrogens (tertiary/aromatic N) is 2. The molecular weight excluding hydrogens is 328 g/mol. The Hall–Kier alpha value is -2.24. The van der Waals surface area contributed by atoms with Crippen LogP contribution in [0.15, 0.2) is 48.5 Å². The number of rotatable bonds is 5. The van der Waals surface area contributed by atoms with E-state index in [2.05, 4.69) is 4.98 Å². The topological polar surface area (TPSA) is 51.7 Å². The molecule has 2 saturated heterocycles. The van der Waals surface area contributed by atoms with Crippen LogP contribution in [0.25, 0.3) is 0 Å². The summed E-state index contributed by atoms with van der Waals surface area (Å²) in [5, 5.41) is 0. The molecule has 0 radical (unpaired) electrons. The first kappa shape index (κ1) is 17.2. The summed E-state index contributed by atoms with van der Waals surface area (Å²) in [5.41, 5.74) is 2.57. The van der Waals surface area contributed by atoms with Gasteiger partial charge in [0.25, 0.3) is 5.91 Å². The number of amides is 1. The number of likely N-dealkylation sites (tertiary alicyclic amines) is 1. The molecular formula is C21H24N2O3. The number of ether oxygens (including phenoxy) is 2. The van der Waals surface area contributed by atoms with E-state index < -0.39 is 0 Å². The maximum atomic E-state index is 12.8. The van der Waals surface area contributed by atoms with Crippen molar-refractivity contribution < 1.29 is 14.3 Å². The van der Waals surface area contributed by atoms with Gasteiger partial charge in [-0.05, 0) is 31.2 Å². The highest BCUT2D eigenvalue weighted by Gasteiger charge is 2.52. The third-order valence-electron chi connectivity index (χ3n) is 5.41. The number of aryl methyl sites for hydroxylation is 1. The van der Waals surface area contributed by atoms with Crippen LogP contribution in [0.5, 0.6) is 0 Å². The normalized spacial score (nSPS) is 24.7. The van der Waals surface area contributed by atoms with Gasteiger partial charge in [0.1, 0.15) is 0 Å². The van der Waals surface area contributed by atoms with Crippen LogP contribution in [-0.4, -0.2) is 48.7 Å². The average Bonchev–Trinajstić information content (AvgIpc) is 3.19. The molecule has 5 heteroatoms. The van der Waals surface area contributed by atoms with E-state index in [1.807, 2.05) is 60.4 Å². The van der Waals surface area contributed by atoms with Gasteiger partial charge in [-0.15, -0.1) is 0 Å². The number of fused-ring (bicyclic) bond motifs is 1. The summed E-state index contributed by atoms with van der Waals surface area (Å²) in [6.07, 6.45) is 0. The van der Waals surface area contributed by atoms with Gasteiger partial charge in [-0.25, -0.2) is 0 Å². The van der Waals surface area contributed by atoms with Crippen LogP contribution in [0.4, 0.5) is 0 Å². The third kappa shape index (κ3) is 3.37. The average molecular weight is 352 g/mol. The van der Waals surface area contributed by atoms with E-state index in [0.29, 0.717) is 38.9 Å². The molecule has 3 heterocycles. The molecule has 136 valence electrons. The lowest BCUT2D eigenvalue weighted by Gasteiger charge is -2.26. The molecule has 2 aliphatic heterocycles. The maximum absolute atomic E-state index is 12.8. The fourth-order valence-corrected chi connectivity index (χ4v) is 3.99. The number of benzene rings is 1. The minimum Gasteiger partial charge on any atom is -0.380 e. The molecule has 2 atom stereocenters. The van der Waals surface area contributed by atoms with Crippen molar-refractivity contribution in [1.82, 2.24) is 9.88 Å². The molecule has 0 bridgehead atoms. The zero-order chi connectivity index (χ0) is 18.0. The van der Waals surface area contributed by atoms with E-state index >= 15 is 0 Å². The third-order valence-corrected chi connectivity index (χ3v) is 5.41. The highest BCUT2D eigenvalue weighted by Crippen LogP contribution is 2.42. The Morgan fingerprint density at radius 2 is 2.12 bits per heavy atom. The number of hydrogen-bond acceptors (Lipinski definition) is 4. The lowest BCUT2D eigenvalue weighted by atomic mass is 9.82. The molecule has 1 amide bonds. The molecule has 1 aromatic carbocycles. The predicted octanol–water partition coefficient (Wildman–Crippen LogP) is 2.70. The second kappa shape index (κ2) is 7.17. The molecule has 2 aromatic rings. The Morgan fingerprint density at radius 3 is 2.92 bits per heavy atom. The number of aromatic nitrogens is 1. The van der Waals surface area contributed by atoms with Gasteiger partial charge in [-0.2, -0.15) is 0 Å². The van der Waals surface area contributed by atoms with Gasteiger partial charge in [0.15, 0.2) is 0 Å². The van der Waals surface area contributed by atoms with Crippen LogP contribution in [0.1, 0.15) is 21.7 Å². The van der Waals surface area contributed by atoms with Crippen LogP contribution in [0.2, 0.25) is 0 Å². The van der Waals surface area contributed by atoms with Crippen molar-refractivity contribution >= 4 is 5.91 Å². The molecule has 26 heavy (non-hydrogen) atoms. The lowest BCUT2D eigenvalue weighted by molar-refractivity contribution is 0.0175. The summed E-state index contributed by atoms with van der Waals surface area (Å²) in [5.74, 6) is 0.431. The van der Waals surface area contributed by atoms with Gasteiger partial charge >= 0.3 is 0 Å². The number of pyridine rings is 1. The van der Waals surface area contributed by atoms with Gasteiger partial charge in [-0.3, -0.25) is 9.78 Å². The lowest BCUT2D eigenvalue weighted by Crippen LogP contribution is -2.37. The molecule has 0 aliphatic carbocycles. The van der Waals surface area contributed by atoms with Crippen molar-refractivity contribution in [2.75, 3.05) is 32.9 Å². The SMILES string of the molecule is Cc1cccc(COC[C@]23COC[C@H]2CN(C(=O)c2ccccc2)C3)n1. The Bertz CT molecular complexity index is 780. The molecule has 0 unspecified atom stereocenters. The van der Waals surface area contributed by atoms with Crippen molar-refractivity contribution in [3.63, 3.8) is 0 Å². The number of carbonyl (C=O) groups excluding carboxylic acids is 1. The highest BCUT2D eigenvalue weighted by atomic mass is 16.5. The van der Waals surface area contributed by atoms with Crippen molar-refractivity contribution in [1.29, 1.82) is 0 Å². The summed E-state index contributed by atoms with van der Waals surface area (Å²) in [6.45, 7) is 5.83. The Morgan fingerprint density at radius 1 is 1.27 bits per heavy atom. The first-order chi connectivity index (χ1) is 12.7. The van der Waals surface area contributed by atoms with Crippen LogP contribution in [0, 0.1) is 18.3 Å². The predicted molar refractivity (Wildman–Crippen MR) is 97.7 cm³/mol. The van der Waals surface area contributed by atoms with Crippen molar-refractivity contribution in [2.45, 2.75) is 13.5 Å². The fraction of sp³-hybridized carbons (Fsp3) is 0.429. The second-order valence-corrected chi connectivity index (χ2v) is 7.39. The molecule has 0 spiro atoms. The molecule has 2 fully saturated rings. The van der Waals surface area contributed by atoms with Gasteiger partial charge in [-0.1, -0.05) is 24.3 Å². The summed E-state index contributed by atoms with van der Waals surface area (Å²) >= 11 is 0. The smallest absolute Gasteiger partial charge is 0.253 e. The zero-order valence-electron chi connectivity index (χ0n) is 15.1. The standard InChI is InChI=1S/C21H24N2O3/c1-16-6-5-9-19(22-16)12-26-15-21-13-23(10-18(21)11-25-14-21)20(24)17-7-3-2-4-8-17/h2-9,18H,10-15H2,1H3/t18-,21+/m1/s1. The molecule has 2 aliphatic rings. The van der Waals surface area contributed by atoms with Gasteiger partial charge in [0, 0.05) is 35.7 Å². The van der Waals surface area contributed by atoms with E-state index in [9.17, 15) is 4.79 Å². The second-order valence-electron chi connectivity index (χ2n) is 7.39. The minimum atomic E-state index is -0.103.